The number of ether oxygens (including phenoxy) is 1. The normalized spacial score (nSPS) is 18.2. The van der Waals surface area contributed by atoms with Crippen LogP contribution in [0.5, 0.6) is 5.75 Å². The molecule has 4 rings (SSSR count). The largest absolute Gasteiger partial charge is 0.496 e. The fourth-order valence-electron chi connectivity index (χ4n) is 3.19. The number of nitrogens with zero attached hydrogens (tertiary/aromatic N) is 2. The van der Waals surface area contributed by atoms with Gasteiger partial charge < -0.3 is 10.1 Å². The number of nitrogens with one attached hydrogen (secondary N) is 1. The summed E-state index contributed by atoms with van der Waals surface area (Å²) in [7, 11) is 1.66. The topological polar surface area (TPSA) is 64.1 Å². The first-order valence-electron chi connectivity index (χ1n) is 8.57. The second-order valence-corrected chi connectivity index (χ2v) is 6.33. The lowest BCUT2D eigenvalue weighted by molar-refractivity contribution is -0.117. The first-order chi connectivity index (χ1) is 12.8. The molecule has 1 saturated carbocycles. The number of aromatic nitrogens is 2. The molecule has 0 unspecified atom stereocenters. The first kappa shape index (κ1) is 16.3. The number of carbonyl (C=O) groups excluding carboxylic acids is 1. The third-order valence-corrected chi connectivity index (χ3v) is 4.64. The van der Waals surface area contributed by atoms with Gasteiger partial charge in [0.25, 0.3) is 0 Å². The third kappa shape index (κ3) is 3.28. The molecule has 1 amide bonds. The molecule has 3 aromatic rings. The van der Waals surface area contributed by atoms with Gasteiger partial charge in [-0.15, -0.1) is 0 Å². The van der Waals surface area contributed by atoms with Crippen LogP contribution in [0.15, 0.2) is 67.0 Å². The average Bonchev–Trinajstić information content (AvgIpc) is 3.50. The minimum atomic E-state index is -0.0107. The summed E-state index contributed by atoms with van der Waals surface area (Å²) < 4.78 is 5.40. The van der Waals surface area contributed by atoms with Crippen molar-refractivity contribution in [2.24, 2.45) is 5.92 Å². The van der Waals surface area contributed by atoms with Crippen molar-refractivity contribution in [2.75, 3.05) is 12.4 Å². The summed E-state index contributed by atoms with van der Waals surface area (Å²) in [5, 5.41) is 3.00. The molecule has 1 aromatic heterocycles. The highest BCUT2D eigenvalue weighted by atomic mass is 16.5. The monoisotopic (exact) mass is 345 g/mol. The second kappa shape index (κ2) is 6.96. The number of anilines is 1. The zero-order chi connectivity index (χ0) is 17.9. The van der Waals surface area contributed by atoms with Gasteiger partial charge in [0, 0.05) is 29.6 Å². The van der Waals surface area contributed by atoms with Crippen LogP contribution in [0.2, 0.25) is 0 Å². The summed E-state index contributed by atoms with van der Waals surface area (Å²) in [5.74, 6) is 1.78. The fourth-order valence-corrected chi connectivity index (χ4v) is 3.19. The lowest BCUT2D eigenvalue weighted by Gasteiger charge is -2.08. The molecule has 0 aliphatic heterocycles. The summed E-state index contributed by atoms with van der Waals surface area (Å²) in [5.41, 5.74) is 2.80. The van der Waals surface area contributed by atoms with Crippen LogP contribution in [0.1, 0.15) is 17.9 Å². The summed E-state index contributed by atoms with van der Waals surface area (Å²) in [4.78, 5) is 21.0. The van der Waals surface area contributed by atoms with Crippen molar-refractivity contribution in [2.45, 2.75) is 12.3 Å². The Kier molecular flexibility index (Phi) is 4.35. The molecule has 2 atom stereocenters. The molecule has 1 fully saturated rings. The Hall–Kier alpha value is -3.21. The number of rotatable bonds is 5. The molecule has 1 aliphatic rings. The molecule has 2 aromatic carbocycles. The number of methoxy groups -OCH3 is 1. The van der Waals surface area contributed by atoms with Crippen LogP contribution < -0.4 is 10.1 Å². The molecule has 1 N–H and O–H groups in total. The molecule has 0 saturated heterocycles. The summed E-state index contributed by atoms with van der Waals surface area (Å²) >= 11 is 0. The van der Waals surface area contributed by atoms with Gasteiger partial charge in [-0.25, -0.2) is 9.97 Å². The van der Waals surface area contributed by atoms with Crippen LogP contribution in [0.4, 0.5) is 5.69 Å². The molecule has 26 heavy (non-hydrogen) atoms. The van der Waals surface area contributed by atoms with Crippen LogP contribution >= 0.6 is 0 Å². The van der Waals surface area contributed by atoms with E-state index in [0.717, 1.165) is 29.0 Å². The third-order valence-electron chi connectivity index (χ3n) is 4.64. The van der Waals surface area contributed by atoms with Crippen molar-refractivity contribution < 1.29 is 9.53 Å². The van der Waals surface area contributed by atoms with E-state index in [1.165, 1.54) is 0 Å². The predicted octanol–water partition coefficient (Wildman–Crippen LogP) is 3.89. The van der Waals surface area contributed by atoms with E-state index in [9.17, 15) is 4.79 Å². The average molecular weight is 345 g/mol. The predicted molar refractivity (Wildman–Crippen MR) is 99.9 cm³/mol. The minimum absolute atomic E-state index is 0.0107. The molecule has 0 radical (unpaired) electrons. The Morgan fingerprint density at radius 2 is 1.77 bits per heavy atom. The lowest BCUT2D eigenvalue weighted by Crippen LogP contribution is -2.14. The van der Waals surface area contributed by atoms with Crippen LogP contribution in [0.3, 0.4) is 0 Å². The van der Waals surface area contributed by atoms with Gasteiger partial charge in [-0.3, -0.25) is 4.79 Å². The van der Waals surface area contributed by atoms with E-state index in [1.54, 1.807) is 25.6 Å². The minimum Gasteiger partial charge on any atom is -0.496 e. The summed E-state index contributed by atoms with van der Waals surface area (Å²) in [6.45, 7) is 0. The van der Waals surface area contributed by atoms with Crippen LogP contribution in [0, 0.1) is 5.92 Å². The summed E-state index contributed by atoms with van der Waals surface area (Å²) in [6, 6.07) is 17.3. The zero-order valence-electron chi connectivity index (χ0n) is 14.4. The SMILES string of the molecule is COc1ccccc1[C@@H]1C[C@H]1C(=O)Nc1ccc(-c2ncccn2)cc1. The number of carbonyl (C=O) groups is 1. The van der Waals surface area contributed by atoms with Crippen molar-refractivity contribution in [1.82, 2.24) is 9.97 Å². The Balaban J connectivity index is 1.41. The van der Waals surface area contributed by atoms with E-state index >= 15 is 0 Å². The molecule has 0 bridgehead atoms. The van der Waals surface area contributed by atoms with E-state index in [0.29, 0.717) is 5.82 Å². The maximum atomic E-state index is 12.5. The van der Waals surface area contributed by atoms with Crippen LogP contribution in [0.25, 0.3) is 11.4 Å². The molecular weight excluding hydrogens is 326 g/mol. The van der Waals surface area contributed by atoms with Gasteiger partial charge in [0.1, 0.15) is 5.75 Å². The van der Waals surface area contributed by atoms with Crippen LogP contribution in [-0.4, -0.2) is 23.0 Å². The Bertz CT molecular complexity index is 910. The van der Waals surface area contributed by atoms with E-state index in [4.69, 9.17) is 4.74 Å². The zero-order valence-corrected chi connectivity index (χ0v) is 14.4. The van der Waals surface area contributed by atoms with E-state index < -0.39 is 0 Å². The van der Waals surface area contributed by atoms with Gasteiger partial charge in [-0.2, -0.15) is 0 Å². The number of hydrogen-bond acceptors (Lipinski definition) is 4. The smallest absolute Gasteiger partial charge is 0.228 e. The standard InChI is InChI=1S/C21H19N3O2/c1-26-19-6-3-2-5-16(19)17-13-18(17)21(25)24-15-9-7-14(8-10-15)20-22-11-4-12-23-20/h2-12,17-18H,13H2,1H3,(H,24,25)/t17-,18+/m0/s1. The lowest BCUT2D eigenvalue weighted by atomic mass is 10.1. The Morgan fingerprint density at radius 3 is 2.50 bits per heavy atom. The van der Waals surface area contributed by atoms with Gasteiger partial charge in [0.05, 0.1) is 7.11 Å². The van der Waals surface area contributed by atoms with E-state index in [-0.39, 0.29) is 17.7 Å². The highest BCUT2D eigenvalue weighted by molar-refractivity contribution is 5.95. The van der Waals surface area contributed by atoms with Crippen molar-refractivity contribution in [1.29, 1.82) is 0 Å². The highest BCUT2D eigenvalue weighted by Crippen LogP contribution is 2.50. The fraction of sp³-hybridized carbons (Fsp3) is 0.190. The van der Waals surface area contributed by atoms with Gasteiger partial charge in [-0.1, -0.05) is 18.2 Å². The van der Waals surface area contributed by atoms with Crippen LogP contribution in [-0.2, 0) is 4.79 Å². The molecule has 1 aliphatic carbocycles. The molecule has 5 heteroatoms. The molecule has 130 valence electrons. The maximum Gasteiger partial charge on any atom is 0.228 e. The number of para-hydroxylation sites is 1. The van der Waals surface area contributed by atoms with Crippen molar-refractivity contribution >= 4 is 11.6 Å². The first-order valence-corrected chi connectivity index (χ1v) is 8.57. The molecule has 0 spiro atoms. The van der Waals surface area contributed by atoms with Crippen molar-refractivity contribution in [3.8, 4) is 17.1 Å². The molecular formula is C21H19N3O2. The quantitative estimate of drug-likeness (QED) is 0.762. The van der Waals surface area contributed by atoms with Gasteiger partial charge in [0.2, 0.25) is 5.91 Å². The number of hydrogen-bond donors (Lipinski definition) is 1. The maximum absolute atomic E-state index is 12.5. The van der Waals surface area contributed by atoms with E-state index in [2.05, 4.69) is 15.3 Å². The number of amides is 1. The second-order valence-electron chi connectivity index (χ2n) is 6.33. The molecule has 1 heterocycles. The van der Waals surface area contributed by atoms with Crippen molar-refractivity contribution in [3.63, 3.8) is 0 Å². The van der Waals surface area contributed by atoms with Gasteiger partial charge in [-0.05, 0) is 54.3 Å². The van der Waals surface area contributed by atoms with E-state index in [1.807, 2.05) is 48.5 Å². The highest BCUT2D eigenvalue weighted by Gasteiger charge is 2.45. The Morgan fingerprint density at radius 1 is 1.04 bits per heavy atom. The molecule has 5 nitrogen and oxygen atoms in total. The van der Waals surface area contributed by atoms with Gasteiger partial charge >= 0.3 is 0 Å². The summed E-state index contributed by atoms with van der Waals surface area (Å²) in [6.07, 6.45) is 4.27. The number of benzene rings is 2. The Labute approximate surface area is 152 Å². The van der Waals surface area contributed by atoms with Gasteiger partial charge in [0.15, 0.2) is 5.82 Å². The van der Waals surface area contributed by atoms with Crippen molar-refractivity contribution in [3.05, 3.63) is 72.6 Å².